The highest BCUT2D eigenvalue weighted by Crippen LogP contribution is 2.41. The van der Waals surface area contributed by atoms with Gasteiger partial charge < -0.3 is 0 Å². The fourth-order valence-electron chi connectivity index (χ4n) is 2.90. The largest absolute Gasteiger partial charge is 0.416 e. The van der Waals surface area contributed by atoms with E-state index >= 15 is 0 Å². The van der Waals surface area contributed by atoms with Crippen LogP contribution in [0, 0.1) is 11.3 Å². The third-order valence-electron chi connectivity index (χ3n) is 4.45. The summed E-state index contributed by atoms with van der Waals surface area (Å²) in [7, 11) is -4.12. The molecule has 0 bridgehead atoms. The Kier molecular flexibility index (Phi) is 7.09. The first kappa shape index (κ1) is 24.8. The molecule has 1 aliphatic rings. The zero-order valence-electron chi connectivity index (χ0n) is 16.0. The van der Waals surface area contributed by atoms with Crippen LogP contribution in [0.5, 0.6) is 0 Å². The lowest BCUT2D eigenvalue weighted by Gasteiger charge is -2.26. The Morgan fingerprint density at radius 3 is 2.00 bits per heavy atom. The van der Waals surface area contributed by atoms with Crippen molar-refractivity contribution >= 4 is 33.5 Å². The molecular weight excluding hydrogens is 498 g/mol. The molecule has 4 nitrogen and oxygen atoms in total. The third-order valence-corrected chi connectivity index (χ3v) is 8.51. The van der Waals surface area contributed by atoms with E-state index in [1.54, 1.807) is 17.8 Å². The number of hydrogen-bond donors (Lipinski definition) is 0. The Morgan fingerprint density at radius 2 is 1.50 bits per heavy atom. The Hall–Kier alpha value is -1.88. The molecule has 0 aromatic heterocycles. The van der Waals surface area contributed by atoms with Gasteiger partial charge in [-0.1, -0.05) is 11.8 Å². The van der Waals surface area contributed by atoms with Gasteiger partial charge in [0, 0.05) is 34.4 Å². The highest BCUT2D eigenvalue weighted by atomic mass is 32.2. The average Bonchev–Trinajstić information content (AvgIpc) is 2.73. The first-order chi connectivity index (χ1) is 14.8. The summed E-state index contributed by atoms with van der Waals surface area (Å²) in [6.45, 7) is 0.408. The van der Waals surface area contributed by atoms with E-state index in [2.05, 4.69) is 0 Å². The molecule has 1 saturated heterocycles. The summed E-state index contributed by atoms with van der Waals surface area (Å²) in [6, 6.07) is 6.42. The van der Waals surface area contributed by atoms with Crippen molar-refractivity contribution in [3.05, 3.63) is 53.1 Å². The minimum Gasteiger partial charge on any atom is -0.207 e. The molecule has 3 rings (SSSR count). The summed E-state index contributed by atoms with van der Waals surface area (Å²) in [5.41, 5.74) is -3.00. The van der Waals surface area contributed by atoms with Gasteiger partial charge in [0.05, 0.1) is 27.7 Å². The average molecular weight is 513 g/mol. The van der Waals surface area contributed by atoms with Gasteiger partial charge in [0.1, 0.15) is 0 Å². The Bertz CT molecular complexity index is 1120. The number of halogens is 6. The minimum absolute atomic E-state index is 0.000618. The lowest BCUT2D eigenvalue weighted by Crippen LogP contribution is -2.38. The minimum atomic E-state index is -5.03. The zero-order valence-corrected chi connectivity index (χ0v) is 18.4. The van der Waals surface area contributed by atoms with Crippen molar-refractivity contribution in [2.24, 2.45) is 0 Å². The maximum atomic E-state index is 13.2. The van der Waals surface area contributed by atoms with Crippen molar-refractivity contribution in [2.45, 2.75) is 27.0 Å². The lowest BCUT2D eigenvalue weighted by atomic mass is 10.1. The molecule has 0 atom stereocenters. The fourth-order valence-corrected chi connectivity index (χ4v) is 6.94. The van der Waals surface area contributed by atoms with Gasteiger partial charge in [0.15, 0.2) is 0 Å². The molecule has 0 amide bonds. The van der Waals surface area contributed by atoms with E-state index in [1.807, 2.05) is 0 Å². The van der Waals surface area contributed by atoms with Crippen molar-refractivity contribution in [1.29, 1.82) is 5.26 Å². The van der Waals surface area contributed by atoms with E-state index in [1.165, 1.54) is 16.4 Å². The number of thioether (sulfide) groups is 1. The summed E-state index contributed by atoms with van der Waals surface area (Å²) in [4.78, 5) is -0.836. The molecule has 2 aromatic carbocycles. The molecule has 2 aromatic rings. The predicted octanol–water partition coefficient (Wildman–Crippen LogP) is 5.48. The SMILES string of the molecule is N#Cc1ccc(Sc2cc(C(F)(F)F)cc(C(F)(F)F)c2)c(S(=O)(=O)N2CCSCC2)c1. The quantitative estimate of drug-likeness (QED) is 0.508. The summed E-state index contributed by atoms with van der Waals surface area (Å²) in [5.74, 6) is 1.09. The monoisotopic (exact) mass is 512 g/mol. The first-order valence-corrected chi connectivity index (χ1v) is 12.3. The van der Waals surface area contributed by atoms with Crippen LogP contribution >= 0.6 is 23.5 Å². The van der Waals surface area contributed by atoms with Crippen LogP contribution in [-0.2, 0) is 22.4 Å². The van der Waals surface area contributed by atoms with Crippen molar-refractivity contribution in [3.8, 4) is 6.07 Å². The summed E-state index contributed by atoms with van der Waals surface area (Å²) < 4.78 is 107. The van der Waals surface area contributed by atoms with Crippen molar-refractivity contribution in [1.82, 2.24) is 4.31 Å². The number of rotatable bonds is 4. The third kappa shape index (κ3) is 5.54. The zero-order chi connectivity index (χ0) is 23.7. The van der Waals surface area contributed by atoms with E-state index in [-0.39, 0.29) is 34.5 Å². The number of hydrogen-bond acceptors (Lipinski definition) is 5. The van der Waals surface area contributed by atoms with Gasteiger partial charge in [-0.15, -0.1) is 0 Å². The van der Waals surface area contributed by atoms with Crippen LogP contribution in [0.1, 0.15) is 16.7 Å². The summed E-state index contributed by atoms with van der Waals surface area (Å²) in [6.07, 6.45) is -10.1. The van der Waals surface area contributed by atoms with Gasteiger partial charge in [0.2, 0.25) is 10.0 Å². The van der Waals surface area contributed by atoms with Gasteiger partial charge >= 0.3 is 12.4 Å². The highest BCUT2D eigenvalue weighted by molar-refractivity contribution is 8.00. The van der Waals surface area contributed by atoms with E-state index in [4.69, 9.17) is 5.26 Å². The van der Waals surface area contributed by atoms with E-state index in [0.717, 1.165) is 6.07 Å². The van der Waals surface area contributed by atoms with Crippen molar-refractivity contribution in [2.75, 3.05) is 24.6 Å². The van der Waals surface area contributed by atoms with Crippen LogP contribution < -0.4 is 0 Å². The molecule has 0 unspecified atom stereocenters. The highest BCUT2D eigenvalue weighted by Gasteiger charge is 2.37. The molecule has 1 aliphatic heterocycles. The van der Waals surface area contributed by atoms with E-state index in [0.29, 0.717) is 35.4 Å². The van der Waals surface area contributed by atoms with Crippen LogP contribution in [0.4, 0.5) is 26.3 Å². The molecule has 1 fully saturated rings. The summed E-state index contributed by atoms with van der Waals surface area (Å²) in [5, 5.41) is 9.15. The Labute approximate surface area is 188 Å². The Morgan fingerprint density at radius 1 is 0.938 bits per heavy atom. The van der Waals surface area contributed by atoms with Crippen molar-refractivity contribution < 1.29 is 34.8 Å². The molecule has 1 heterocycles. The van der Waals surface area contributed by atoms with E-state index < -0.39 is 38.4 Å². The van der Waals surface area contributed by atoms with Gasteiger partial charge in [-0.3, -0.25) is 0 Å². The molecule has 0 spiro atoms. The standard InChI is InChI=1S/C19H14F6N2O2S3/c20-18(21,22)13-8-14(19(23,24)25)10-15(9-13)31-16-2-1-12(11-26)7-17(16)32(28,29)27-3-5-30-6-4-27/h1-2,7-10H,3-6H2. The van der Waals surface area contributed by atoms with Crippen LogP contribution in [0.3, 0.4) is 0 Å². The van der Waals surface area contributed by atoms with Gasteiger partial charge in [-0.25, -0.2) is 8.42 Å². The van der Waals surface area contributed by atoms with E-state index in [9.17, 15) is 34.8 Å². The molecular formula is C19H14F6N2O2S3. The van der Waals surface area contributed by atoms with Crippen LogP contribution in [0.2, 0.25) is 0 Å². The smallest absolute Gasteiger partial charge is 0.207 e. The van der Waals surface area contributed by atoms with Crippen LogP contribution in [0.25, 0.3) is 0 Å². The fraction of sp³-hybridized carbons (Fsp3) is 0.316. The number of nitriles is 1. The van der Waals surface area contributed by atoms with Gasteiger partial charge in [-0.2, -0.15) is 47.7 Å². The molecule has 0 N–H and O–H groups in total. The second kappa shape index (κ2) is 9.17. The van der Waals surface area contributed by atoms with Gasteiger partial charge in [0.25, 0.3) is 0 Å². The second-order valence-corrected chi connectivity index (χ2v) is 10.9. The summed E-state index contributed by atoms with van der Waals surface area (Å²) >= 11 is 2.02. The second-order valence-electron chi connectivity index (χ2n) is 6.63. The van der Waals surface area contributed by atoms with Crippen LogP contribution in [-0.4, -0.2) is 37.3 Å². The topological polar surface area (TPSA) is 61.2 Å². The molecule has 0 saturated carbocycles. The molecule has 0 aliphatic carbocycles. The maximum absolute atomic E-state index is 13.2. The maximum Gasteiger partial charge on any atom is 0.416 e. The number of alkyl halides is 6. The predicted molar refractivity (Wildman–Crippen MR) is 108 cm³/mol. The number of nitrogens with zero attached hydrogens (tertiary/aromatic N) is 2. The normalized spacial score (nSPS) is 16.0. The lowest BCUT2D eigenvalue weighted by molar-refractivity contribution is -0.143. The molecule has 13 heteroatoms. The van der Waals surface area contributed by atoms with Crippen molar-refractivity contribution in [3.63, 3.8) is 0 Å². The molecule has 0 radical (unpaired) electrons. The Balaban J connectivity index is 2.11. The molecule has 172 valence electrons. The van der Waals surface area contributed by atoms with Gasteiger partial charge in [-0.05, 0) is 36.4 Å². The number of sulfonamides is 1. The number of benzene rings is 2. The molecule has 32 heavy (non-hydrogen) atoms. The van der Waals surface area contributed by atoms with Crippen LogP contribution in [0.15, 0.2) is 51.1 Å². The first-order valence-electron chi connectivity index (χ1n) is 8.92.